The third-order valence-electron chi connectivity index (χ3n) is 3.01. The minimum atomic E-state index is -0.0919. The van der Waals surface area contributed by atoms with Crippen LogP contribution >= 0.6 is 0 Å². The van der Waals surface area contributed by atoms with Crippen molar-refractivity contribution in [2.45, 2.75) is 45.6 Å². The fourth-order valence-electron chi connectivity index (χ4n) is 2.13. The highest BCUT2D eigenvalue weighted by atomic mass is 16.5. The fourth-order valence-corrected chi connectivity index (χ4v) is 2.13. The standard InChI is InChI=1S/C13H21NO3/c1-3-5-12(15)14-11-8-6-10(7-9-11)13(16)17-4-2/h3,5,10-11H,4,6-9H2,1-2H3,(H,14,15). The summed E-state index contributed by atoms with van der Waals surface area (Å²) in [5, 5.41) is 2.93. The summed E-state index contributed by atoms with van der Waals surface area (Å²) in [4.78, 5) is 22.8. The van der Waals surface area contributed by atoms with E-state index in [1.165, 1.54) is 6.08 Å². The molecular formula is C13H21NO3. The van der Waals surface area contributed by atoms with Gasteiger partial charge in [0.15, 0.2) is 0 Å². The molecular weight excluding hydrogens is 218 g/mol. The van der Waals surface area contributed by atoms with Gasteiger partial charge in [-0.15, -0.1) is 0 Å². The van der Waals surface area contributed by atoms with Gasteiger partial charge in [-0.2, -0.15) is 0 Å². The first kappa shape index (κ1) is 13.7. The molecule has 0 aromatic carbocycles. The summed E-state index contributed by atoms with van der Waals surface area (Å²) >= 11 is 0. The van der Waals surface area contributed by atoms with Crippen molar-refractivity contribution in [3.05, 3.63) is 12.2 Å². The maximum atomic E-state index is 11.5. The average molecular weight is 239 g/mol. The van der Waals surface area contributed by atoms with Crippen molar-refractivity contribution in [3.8, 4) is 0 Å². The first-order valence-corrected chi connectivity index (χ1v) is 6.27. The molecule has 0 aromatic heterocycles. The van der Waals surface area contributed by atoms with Gasteiger partial charge in [-0.25, -0.2) is 0 Å². The highest BCUT2D eigenvalue weighted by Gasteiger charge is 2.27. The molecule has 0 aromatic rings. The highest BCUT2D eigenvalue weighted by molar-refractivity contribution is 5.87. The Morgan fingerprint density at radius 1 is 1.29 bits per heavy atom. The van der Waals surface area contributed by atoms with E-state index in [2.05, 4.69) is 5.32 Å². The maximum absolute atomic E-state index is 11.5. The quantitative estimate of drug-likeness (QED) is 0.601. The summed E-state index contributed by atoms with van der Waals surface area (Å²) in [6, 6.07) is 0.198. The van der Waals surface area contributed by atoms with Crippen LogP contribution < -0.4 is 5.32 Å². The van der Waals surface area contributed by atoms with Crippen molar-refractivity contribution < 1.29 is 14.3 Å². The monoisotopic (exact) mass is 239 g/mol. The van der Waals surface area contributed by atoms with Crippen LogP contribution in [0.25, 0.3) is 0 Å². The predicted octanol–water partition coefficient (Wildman–Crippen LogP) is 1.80. The van der Waals surface area contributed by atoms with Gasteiger partial charge in [-0.1, -0.05) is 6.08 Å². The molecule has 0 unspecified atom stereocenters. The van der Waals surface area contributed by atoms with Gasteiger partial charge in [-0.3, -0.25) is 9.59 Å². The Bertz CT molecular complexity index is 291. The van der Waals surface area contributed by atoms with Gasteiger partial charge in [0, 0.05) is 6.04 Å². The average Bonchev–Trinajstić information content (AvgIpc) is 2.30. The van der Waals surface area contributed by atoms with E-state index in [0.717, 1.165) is 25.7 Å². The zero-order valence-electron chi connectivity index (χ0n) is 10.6. The van der Waals surface area contributed by atoms with E-state index < -0.39 is 0 Å². The van der Waals surface area contributed by atoms with Gasteiger partial charge in [0.2, 0.25) is 5.91 Å². The topological polar surface area (TPSA) is 55.4 Å². The maximum Gasteiger partial charge on any atom is 0.308 e. The molecule has 96 valence electrons. The molecule has 0 atom stereocenters. The SMILES string of the molecule is CC=CC(=O)NC1CCC(C(=O)OCC)CC1. The first-order chi connectivity index (χ1) is 8.17. The van der Waals surface area contributed by atoms with Crippen molar-refractivity contribution in [2.75, 3.05) is 6.61 Å². The van der Waals surface area contributed by atoms with E-state index in [1.807, 2.05) is 13.8 Å². The van der Waals surface area contributed by atoms with Gasteiger partial charge in [0.25, 0.3) is 0 Å². The van der Waals surface area contributed by atoms with Crippen molar-refractivity contribution in [3.63, 3.8) is 0 Å². The Hall–Kier alpha value is -1.32. The molecule has 0 radical (unpaired) electrons. The third kappa shape index (κ3) is 4.59. The first-order valence-electron chi connectivity index (χ1n) is 6.27. The molecule has 0 saturated heterocycles. The summed E-state index contributed by atoms with van der Waals surface area (Å²) in [6.45, 7) is 4.08. The Balaban J connectivity index is 2.30. The summed E-state index contributed by atoms with van der Waals surface area (Å²) in [6.07, 6.45) is 6.57. The van der Waals surface area contributed by atoms with Crippen LogP contribution in [0, 0.1) is 5.92 Å². The van der Waals surface area contributed by atoms with E-state index in [9.17, 15) is 9.59 Å². The zero-order valence-corrected chi connectivity index (χ0v) is 10.6. The van der Waals surface area contributed by atoms with E-state index >= 15 is 0 Å². The van der Waals surface area contributed by atoms with Crippen molar-refractivity contribution in [2.24, 2.45) is 5.92 Å². The van der Waals surface area contributed by atoms with Gasteiger partial charge >= 0.3 is 5.97 Å². The fraction of sp³-hybridized carbons (Fsp3) is 0.692. The molecule has 0 bridgehead atoms. The summed E-state index contributed by atoms with van der Waals surface area (Å²) < 4.78 is 5.00. The number of rotatable bonds is 4. The Kier molecular flexibility index (Phi) is 5.73. The molecule has 17 heavy (non-hydrogen) atoms. The minimum Gasteiger partial charge on any atom is -0.466 e. The molecule has 0 heterocycles. The number of ether oxygens (including phenoxy) is 1. The third-order valence-corrected chi connectivity index (χ3v) is 3.01. The molecule has 1 rings (SSSR count). The lowest BCUT2D eigenvalue weighted by molar-refractivity contribution is -0.149. The Labute approximate surface area is 102 Å². The second-order valence-corrected chi connectivity index (χ2v) is 4.31. The van der Waals surface area contributed by atoms with E-state index in [-0.39, 0.29) is 23.8 Å². The minimum absolute atomic E-state index is 0.0184. The number of esters is 1. The van der Waals surface area contributed by atoms with Gasteiger partial charge < -0.3 is 10.1 Å². The lowest BCUT2D eigenvalue weighted by Crippen LogP contribution is -2.38. The van der Waals surface area contributed by atoms with Gasteiger partial charge in [0.1, 0.15) is 0 Å². The van der Waals surface area contributed by atoms with Crippen LogP contribution in [-0.2, 0) is 14.3 Å². The summed E-state index contributed by atoms with van der Waals surface area (Å²) in [5.74, 6) is -0.123. The molecule has 1 N–H and O–H groups in total. The molecule has 1 aliphatic rings. The van der Waals surface area contributed by atoms with Crippen molar-refractivity contribution in [1.29, 1.82) is 0 Å². The predicted molar refractivity (Wildman–Crippen MR) is 65.3 cm³/mol. The summed E-state index contributed by atoms with van der Waals surface area (Å²) in [7, 11) is 0. The van der Waals surface area contributed by atoms with E-state index in [1.54, 1.807) is 6.08 Å². The summed E-state index contributed by atoms with van der Waals surface area (Å²) in [5.41, 5.74) is 0. The van der Waals surface area contributed by atoms with Gasteiger partial charge in [-0.05, 0) is 45.6 Å². The molecule has 4 nitrogen and oxygen atoms in total. The lowest BCUT2D eigenvalue weighted by atomic mass is 9.86. The van der Waals surface area contributed by atoms with E-state index in [4.69, 9.17) is 4.74 Å². The largest absolute Gasteiger partial charge is 0.466 e. The van der Waals surface area contributed by atoms with Crippen LogP contribution in [0.2, 0.25) is 0 Å². The number of carbonyl (C=O) groups is 2. The number of amides is 1. The number of nitrogens with one attached hydrogen (secondary N) is 1. The molecule has 4 heteroatoms. The number of carbonyl (C=O) groups excluding carboxylic acids is 2. The molecule has 1 saturated carbocycles. The van der Waals surface area contributed by atoms with Crippen molar-refractivity contribution in [1.82, 2.24) is 5.32 Å². The molecule has 1 amide bonds. The lowest BCUT2D eigenvalue weighted by Gasteiger charge is -2.27. The molecule has 1 fully saturated rings. The number of allylic oxidation sites excluding steroid dienone is 1. The van der Waals surface area contributed by atoms with Crippen LogP contribution in [0.1, 0.15) is 39.5 Å². The highest BCUT2D eigenvalue weighted by Crippen LogP contribution is 2.25. The normalized spacial score (nSPS) is 24.6. The number of hydrogen-bond donors (Lipinski definition) is 1. The zero-order chi connectivity index (χ0) is 12.7. The second-order valence-electron chi connectivity index (χ2n) is 4.31. The second kappa shape index (κ2) is 7.09. The molecule has 1 aliphatic carbocycles. The smallest absolute Gasteiger partial charge is 0.308 e. The number of hydrogen-bond acceptors (Lipinski definition) is 3. The van der Waals surface area contributed by atoms with Crippen LogP contribution in [0.5, 0.6) is 0 Å². The Morgan fingerprint density at radius 2 is 1.94 bits per heavy atom. The van der Waals surface area contributed by atoms with Gasteiger partial charge in [0.05, 0.1) is 12.5 Å². The van der Waals surface area contributed by atoms with Crippen molar-refractivity contribution >= 4 is 11.9 Å². The molecule has 0 aliphatic heterocycles. The van der Waals surface area contributed by atoms with Crippen LogP contribution in [-0.4, -0.2) is 24.5 Å². The van der Waals surface area contributed by atoms with Crippen LogP contribution in [0.4, 0.5) is 0 Å². The van der Waals surface area contributed by atoms with Crippen LogP contribution in [0.15, 0.2) is 12.2 Å². The Morgan fingerprint density at radius 3 is 2.47 bits per heavy atom. The molecule has 0 spiro atoms. The van der Waals surface area contributed by atoms with Crippen LogP contribution in [0.3, 0.4) is 0 Å². The van der Waals surface area contributed by atoms with E-state index in [0.29, 0.717) is 6.61 Å².